The molecule has 1 atom stereocenters. The summed E-state index contributed by atoms with van der Waals surface area (Å²) >= 11 is 0. The molecule has 0 saturated heterocycles. The van der Waals surface area contributed by atoms with Gasteiger partial charge >= 0.3 is 0 Å². The predicted molar refractivity (Wildman–Crippen MR) is 78.8 cm³/mol. The molecule has 0 bridgehead atoms. The number of fused-ring (bicyclic) bond motifs is 1. The van der Waals surface area contributed by atoms with Crippen molar-refractivity contribution in [2.45, 2.75) is 38.8 Å². The van der Waals surface area contributed by atoms with Gasteiger partial charge in [-0.05, 0) is 30.9 Å². The molecule has 0 spiro atoms. The standard InChI is InChI=1S/C16H24N2O/c1-12(2)10-18(13-7-8-13)11-14-9-17-15-5-3-4-6-16(15)19-14/h3-6,12-14,17H,7-11H2,1-2H3. The Kier molecular flexibility index (Phi) is 3.65. The lowest BCUT2D eigenvalue weighted by molar-refractivity contribution is 0.122. The van der Waals surface area contributed by atoms with Crippen LogP contribution in [0.25, 0.3) is 0 Å². The van der Waals surface area contributed by atoms with E-state index in [1.165, 1.54) is 19.4 Å². The molecular weight excluding hydrogens is 236 g/mol. The molecule has 1 unspecified atom stereocenters. The first kappa shape index (κ1) is 12.8. The zero-order valence-corrected chi connectivity index (χ0v) is 11.9. The van der Waals surface area contributed by atoms with Gasteiger partial charge < -0.3 is 10.1 Å². The van der Waals surface area contributed by atoms with Gasteiger partial charge in [0, 0.05) is 19.1 Å². The highest BCUT2D eigenvalue weighted by Gasteiger charge is 2.32. The first-order valence-corrected chi connectivity index (χ1v) is 7.46. The molecule has 0 aromatic heterocycles. The molecule has 104 valence electrons. The molecular formula is C16H24N2O. The van der Waals surface area contributed by atoms with E-state index in [-0.39, 0.29) is 6.10 Å². The van der Waals surface area contributed by atoms with Crippen LogP contribution in [0.2, 0.25) is 0 Å². The zero-order chi connectivity index (χ0) is 13.2. The number of rotatable bonds is 5. The van der Waals surface area contributed by atoms with Gasteiger partial charge in [0.15, 0.2) is 0 Å². The molecule has 1 aliphatic carbocycles. The second kappa shape index (κ2) is 5.41. The highest BCUT2D eigenvalue weighted by atomic mass is 16.5. The average Bonchev–Trinajstić information content (AvgIpc) is 3.21. The van der Waals surface area contributed by atoms with Crippen molar-refractivity contribution in [3.63, 3.8) is 0 Å². The molecule has 1 aromatic carbocycles. The summed E-state index contributed by atoms with van der Waals surface area (Å²) in [6.07, 6.45) is 3.00. The molecule has 1 aliphatic heterocycles. The van der Waals surface area contributed by atoms with Crippen LogP contribution in [-0.2, 0) is 0 Å². The van der Waals surface area contributed by atoms with E-state index in [0.717, 1.165) is 36.5 Å². The Morgan fingerprint density at radius 2 is 2.11 bits per heavy atom. The van der Waals surface area contributed by atoms with Crippen LogP contribution in [0.15, 0.2) is 24.3 Å². The summed E-state index contributed by atoms with van der Waals surface area (Å²) in [6, 6.07) is 9.03. The van der Waals surface area contributed by atoms with Crippen LogP contribution in [0.4, 0.5) is 5.69 Å². The molecule has 1 N–H and O–H groups in total. The van der Waals surface area contributed by atoms with E-state index in [1.807, 2.05) is 12.1 Å². The van der Waals surface area contributed by atoms with E-state index in [0.29, 0.717) is 0 Å². The molecule has 0 amide bonds. The lowest BCUT2D eigenvalue weighted by Crippen LogP contribution is -2.43. The van der Waals surface area contributed by atoms with Gasteiger partial charge in [0.25, 0.3) is 0 Å². The van der Waals surface area contributed by atoms with Gasteiger partial charge in [0.2, 0.25) is 0 Å². The second-order valence-electron chi connectivity index (χ2n) is 6.20. The van der Waals surface area contributed by atoms with Crippen molar-refractivity contribution >= 4 is 5.69 Å². The van der Waals surface area contributed by atoms with Crippen LogP contribution in [0.3, 0.4) is 0 Å². The molecule has 2 aliphatic rings. The number of anilines is 1. The first-order chi connectivity index (χ1) is 9.22. The number of para-hydroxylation sites is 2. The van der Waals surface area contributed by atoms with E-state index in [2.05, 4.69) is 36.2 Å². The van der Waals surface area contributed by atoms with Crippen molar-refractivity contribution in [1.29, 1.82) is 0 Å². The Labute approximate surface area is 115 Å². The normalized spacial score (nSPS) is 22.0. The van der Waals surface area contributed by atoms with Crippen LogP contribution in [-0.4, -0.2) is 36.7 Å². The summed E-state index contributed by atoms with van der Waals surface area (Å²) in [5, 5.41) is 3.48. The zero-order valence-electron chi connectivity index (χ0n) is 11.9. The Balaban J connectivity index is 1.61. The largest absolute Gasteiger partial charge is 0.485 e. The minimum atomic E-state index is 0.272. The molecule has 19 heavy (non-hydrogen) atoms. The lowest BCUT2D eigenvalue weighted by Gasteiger charge is -2.32. The van der Waals surface area contributed by atoms with Crippen LogP contribution < -0.4 is 10.1 Å². The average molecular weight is 260 g/mol. The van der Waals surface area contributed by atoms with Crippen molar-refractivity contribution in [3.05, 3.63) is 24.3 Å². The minimum Gasteiger partial charge on any atom is -0.485 e. The number of hydrogen-bond acceptors (Lipinski definition) is 3. The smallest absolute Gasteiger partial charge is 0.142 e. The Morgan fingerprint density at radius 1 is 1.32 bits per heavy atom. The van der Waals surface area contributed by atoms with Gasteiger partial charge in [-0.2, -0.15) is 0 Å². The van der Waals surface area contributed by atoms with Crippen LogP contribution in [0.1, 0.15) is 26.7 Å². The fourth-order valence-electron chi connectivity index (χ4n) is 2.81. The number of nitrogens with zero attached hydrogens (tertiary/aromatic N) is 1. The van der Waals surface area contributed by atoms with Crippen LogP contribution in [0.5, 0.6) is 5.75 Å². The summed E-state index contributed by atoms with van der Waals surface area (Å²) < 4.78 is 6.12. The topological polar surface area (TPSA) is 24.5 Å². The van der Waals surface area contributed by atoms with E-state index < -0.39 is 0 Å². The molecule has 3 nitrogen and oxygen atoms in total. The van der Waals surface area contributed by atoms with E-state index >= 15 is 0 Å². The van der Waals surface area contributed by atoms with Crippen molar-refractivity contribution in [1.82, 2.24) is 4.90 Å². The molecule has 1 saturated carbocycles. The molecule has 1 heterocycles. The summed E-state index contributed by atoms with van der Waals surface area (Å²) in [7, 11) is 0. The third kappa shape index (κ3) is 3.21. The quantitative estimate of drug-likeness (QED) is 0.881. The molecule has 1 fully saturated rings. The summed E-state index contributed by atoms with van der Waals surface area (Å²) in [5.41, 5.74) is 1.13. The van der Waals surface area contributed by atoms with Crippen LogP contribution >= 0.6 is 0 Å². The maximum absolute atomic E-state index is 6.12. The van der Waals surface area contributed by atoms with Crippen molar-refractivity contribution in [3.8, 4) is 5.75 Å². The van der Waals surface area contributed by atoms with Gasteiger partial charge in [0.1, 0.15) is 11.9 Å². The molecule has 3 rings (SSSR count). The maximum atomic E-state index is 6.12. The Bertz CT molecular complexity index is 429. The number of ether oxygens (including phenoxy) is 1. The SMILES string of the molecule is CC(C)CN(CC1CNc2ccccc2O1)C1CC1. The first-order valence-electron chi connectivity index (χ1n) is 7.46. The summed E-state index contributed by atoms with van der Waals surface area (Å²) in [4.78, 5) is 2.62. The fraction of sp³-hybridized carbons (Fsp3) is 0.625. The third-order valence-electron chi connectivity index (χ3n) is 3.80. The van der Waals surface area contributed by atoms with Gasteiger partial charge in [-0.3, -0.25) is 4.90 Å². The van der Waals surface area contributed by atoms with E-state index in [1.54, 1.807) is 0 Å². The van der Waals surface area contributed by atoms with Crippen molar-refractivity contribution in [2.75, 3.05) is 25.0 Å². The summed E-state index contributed by atoms with van der Waals surface area (Å²) in [5.74, 6) is 1.73. The minimum absolute atomic E-state index is 0.272. The van der Waals surface area contributed by atoms with Gasteiger partial charge in [-0.25, -0.2) is 0 Å². The number of benzene rings is 1. The highest BCUT2D eigenvalue weighted by molar-refractivity contribution is 5.57. The number of nitrogens with one attached hydrogen (secondary N) is 1. The van der Waals surface area contributed by atoms with Gasteiger partial charge in [-0.15, -0.1) is 0 Å². The number of hydrogen-bond donors (Lipinski definition) is 1. The van der Waals surface area contributed by atoms with E-state index in [9.17, 15) is 0 Å². The van der Waals surface area contributed by atoms with Crippen molar-refractivity contribution in [2.24, 2.45) is 5.92 Å². The maximum Gasteiger partial charge on any atom is 0.142 e. The third-order valence-corrected chi connectivity index (χ3v) is 3.80. The van der Waals surface area contributed by atoms with Gasteiger partial charge in [0.05, 0.1) is 12.2 Å². The molecule has 3 heteroatoms. The summed E-state index contributed by atoms with van der Waals surface area (Å²) in [6.45, 7) is 7.74. The highest BCUT2D eigenvalue weighted by Crippen LogP contribution is 2.31. The molecule has 0 radical (unpaired) electrons. The Morgan fingerprint density at radius 3 is 2.84 bits per heavy atom. The van der Waals surface area contributed by atoms with Crippen molar-refractivity contribution < 1.29 is 4.74 Å². The van der Waals surface area contributed by atoms with Crippen LogP contribution in [0, 0.1) is 5.92 Å². The lowest BCUT2D eigenvalue weighted by atomic mass is 10.1. The molecule has 1 aromatic rings. The van der Waals surface area contributed by atoms with E-state index in [4.69, 9.17) is 4.74 Å². The second-order valence-corrected chi connectivity index (χ2v) is 6.20. The van der Waals surface area contributed by atoms with Gasteiger partial charge in [-0.1, -0.05) is 26.0 Å². The Hall–Kier alpha value is -1.22. The monoisotopic (exact) mass is 260 g/mol. The fourth-order valence-corrected chi connectivity index (χ4v) is 2.81. The predicted octanol–water partition coefficient (Wildman–Crippen LogP) is 2.98.